The first kappa shape index (κ1) is 9.72. The van der Waals surface area contributed by atoms with Gasteiger partial charge in [0.2, 0.25) is 0 Å². The molecule has 0 saturated carbocycles. The summed E-state index contributed by atoms with van der Waals surface area (Å²) in [6.45, 7) is 0. The Hall–Kier alpha value is -2.49. The fourth-order valence-corrected chi connectivity index (χ4v) is 1.91. The second-order valence-electron chi connectivity index (χ2n) is 3.88. The van der Waals surface area contributed by atoms with Crippen LogP contribution in [-0.4, -0.2) is 15.1 Å². The second-order valence-corrected chi connectivity index (χ2v) is 3.88. The van der Waals surface area contributed by atoms with Crippen molar-refractivity contribution in [2.75, 3.05) is 5.73 Å². The Morgan fingerprint density at radius 1 is 1.18 bits per heavy atom. The lowest BCUT2D eigenvalue weighted by Gasteiger charge is -1.99. The number of aromatic amines is 1. The van der Waals surface area contributed by atoms with Gasteiger partial charge in [-0.3, -0.25) is 4.98 Å². The van der Waals surface area contributed by atoms with Crippen molar-refractivity contribution >= 4 is 16.6 Å². The number of aromatic hydroxyl groups is 1. The fourth-order valence-electron chi connectivity index (χ4n) is 1.91. The number of fused-ring (bicyclic) bond motifs is 1. The first-order valence-electron chi connectivity index (χ1n) is 5.26. The highest BCUT2D eigenvalue weighted by Crippen LogP contribution is 2.31. The third-order valence-corrected chi connectivity index (χ3v) is 2.76. The summed E-state index contributed by atoms with van der Waals surface area (Å²) in [6, 6.07) is 9.08. The maximum atomic E-state index is 9.70. The summed E-state index contributed by atoms with van der Waals surface area (Å²) in [6.07, 6.45) is 3.46. The van der Waals surface area contributed by atoms with Gasteiger partial charge in [-0.25, -0.2) is 0 Å². The van der Waals surface area contributed by atoms with Crippen LogP contribution in [0.5, 0.6) is 5.75 Å². The summed E-state index contributed by atoms with van der Waals surface area (Å²) >= 11 is 0. The van der Waals surface area contributed by atoms with E-state index in [1.54, 1.807) is 12.3 Å². The van der Waals surface area contributed by atoms with Gasteiger partial charge < -0.3 is 15.8 Å². The van der Waals surface area contributed by atoms with Crippen molar-refractivity contribution in [2.45, 2.75) is 0 Å². The molecule has 17 heavy (non-hydrogen) atoms. The van der Waals surface area contributed by atoms with Gasteiger partial charge in [0.1, 0.15) is 5.75 Å². The van der Waals surface area contributed by atoms with Crippen molar-refractivity contribution in [3.63, 3.8) is 0 Å². The first-order chi connectivity index (χ1) is 8.25. The van der Waals surface area contributed by atoms with Crippen LogP contribution in [0.4, 0.5) is 5.69 Å². The van der Waals surface area contributed by atoms with Gasteiger partial charge in [-0.1, -0.05) is 12.1 Å². The standard InChI is InChI=1S/C13H11N3O/c14-8-4-5-11(15-6-8)10-7-16-13-9(10)2-1-3-12(13)17/h1-7,16-17H,14H2. The van der Waals surface area contributed by atoms with E-state index in [-0.39, 0.29) is 5.75 Å². The zero-order valence-electron chi connectivity index (χ0n) is 9.01. The molecule has 2 aromatic heterocycles. The van der Waals surface area contributed by atoms with E-state index in [1.807, 2.05) is 30.5 Å². The summed E-state index contributed by atoms with van der Waals surface area (Å²) in [5.74, 6) is 0.240. The van der Waals surface area contributed by atoms with Gasteiger partial charge in [-0.05, 0) is 18.2 Å². The number of pyridine rings is 1. The number of phenols is 1. The van der Waals surface area contributed by atoms with Gasteiger partial charge in [0.15, 0.2) is 0 Å². The topological polar surface area (TPSA) is 74.9 Å². The minimum Gasteiger partial charge on any atom is -0.506 e. The SMILES string of the molecule is Nc1ccc(-c2c[nH]c3c(O)cccc23)nc1. The molecule has 3 rings (SSSR count). The molecule has 3 aromatic rings. The van der Waals surface area contributed by atoms with E-state index in [4.69, 9.17) is 5.73 Å². The van der Waals surface area contributed by atoms with E-state index >= 15 is 0 Å². The molecule has 0 aliphatic carbocycles. The van der Waals surface area contributed by atoms with Gasteiger partial charge in [-0.15, -0.1) is 0 Å². The lowest BCUT2D eigenvalue weighted by atomic mass is 10.1. The molecule has 4 N–H and O–H groups in total. The number of nitrogen functional groups attached to an aromatic ring is 1. The lowest BCUT2D eigenvalue weighted by molar-refractivity contribution is 0.480. The minimum absolute atomic E-state index is 0.240. The van der Waals surface area contributed by atoms with Crippen LogP contribution in [0, 0.1) is 0 Å². The summed E-state index contributed by atoms with van der Waals surface area (Å²) in [5.41, 5.74) is 8.75. The van der Waals surface area contributed by atoms with E-state index < -0.39 is 0 Å². The fraction of sp³-hybridized carbons (Fsp3) is 0. The molecule has 0 aliphatic rings. The molecule has 4 heteroatoms. The molecule has 0 aliphatic heterocycles. The molecule has 84 valence electrons. The Morgan fingerprint density at radius 3 is 2.82 bits per heavy atom. The number of aromatic nitrogens is 2. The van der Waals surface area contributed by atoms with E-state index in [9.17, 15) is 5.11 Å². The van der Waals surface area contributed by atoms with Crippen LogP contribution in [0.3, 0.4) is 0 Å². The number of benzene rings is 1. The number of nitrogens with zero attached hydrogens (tertiary/aromatic N) is 1. The van der Waals surface area contributed by atoms with Gasteiger partial charge in [-0.2, -0.15) is 0 Å². The van der Waals surface area contributed by atoms with E-state index in [1.165, 1.54) is 0 Å². The number of rotatable bonds is 1. The zero-order valence-corrected chi connectivity index (χ0v) is 9.01. The number of phenolic OH excluding ortho intramolecular Hbond substituents is 1. The molecular formula is C13H11N3O. The van der Waals surface area contributed by atoms with Crippen LogP contribution in [-0.2, 0) is 0 Å². The van der Waals surface area contributed by atoms with Crippen LogP contribution < -0.4 is 5.73 Å². The molecule has 0 atom stereocenters. The van der Waals surface area contributed by atoms with Crippen LogP contribution in [0.15, 0.2) is 42.7 Å². The first-order valence-corrected chi connectivity index (χ1v) is 5.26. The Kier molecular flexibility index (Phi) is 2.01. The number of hydrogen-bond acceptors (Lipinski definition) is 3. The smallest absolute Gasteiger partial charge is 0.139 e. The van der Waals surface area contributed by atoms with E-state index in [0.717, 1.165) is 22.2 Å². The highest BCUT2D eigenvalue weighted by Gasteiger charge is 2.09. The van der Waals surface area contributed by atoms with E-state index in [2.05, 4.69) is 9.97 Å². The molecular weight excluding hydrogens is 214 g/mol. The van der Waals surface area contributed by atoms with Gasteiger partial charge >= 0.3 is 0 Å². The largest absolute Gasteiger partial charge is 0.506 e. The molecule has 0 bridgehead atoms. The third-order valence-electron chi connectivity index (χ3n) is 2.76. The monoisotopic (exact) mass is 225 g/mol. The molecule has 0 fully saturated rings. The molecule has 4 nitrogen and oxygen atoms in total. The number of hydrogen-bond donors (Lipinski definition) is 3. The van der Waals surface area contributed by atoms with Crippen molar-refractivity contribution in [1.29, 1.82) is 0 Å². The lowest BCUT2D eigenvalue weighted by Crippen LogP contribution is -1.87. The summed E-state index contributed by atoms with van der Waals surface area (Å²) in [4.78, 5) is 7.32. The van der Waals surface area contributed by atoms with Crippen LogP contribution in [0.25, 0.3) is 22.2 Å². The molecule has 0 radical (unpaired) electrons. The second kappa shape index (κ2) is 3.52. The highest BCUT2D eigenvalue weighted by atomic mass is 16.3. The normalized spacial score (nSPS) is 10.8. The molecule has 1 aromatic carbocycles. The third kappa shape index (κ3) is 1.50. The summed E-state index contributed by atoms with van der Waals surface area (Å²) in [5, 5.41) is 10.7. The van der Waals surface area contributed by atoms with Crippen molar-refractivity contribution in [1.82, 2.24) is 9.97 Å². The maximum Gasteiger partial charge on any atom is 0.139 e. The molecule has 2 heterocycles. The average molecular weight is 225 g/mol. The highest BCUT2D eigenvalue weighted by molar-refractivity contribution is 5.97. The van der Waals surface area contributed by atoms with E-state index in [0.29, 0.717) is 5.69 Å². The molecule has 0 saturated heterocycles. The zero-order chi connectivity index (χ0) is 11.8. The number of nitrogens with two attached hydrogens (primary N) is 1. The minimum atomic E-state index is 0.240. The van der Waals surface area contributed by atoms with Gasteiger partial charge in [0.05, 0.1) is 23.1 Å². The van der Waals surface area contributed by atoms with Crippen LogP contribution in [0.1, 0.15) is 0 Å². The maximum absolute atomic E-state index is 9.70. The average Bonchev–Trinajstić information content (AvgIpc) is 2.75. The molecule has 0 spiro atoms. The summed E-state index contributed by atoms with van der Waals surface area (Å²) in [7, 11) is 0. The predicted octanol–water partition coefficient (Wildman–Crippen LogP) is 2.52. The number of H-pyrrole nitrogens is 1. The van der Waals surface area contributed by atoms with Crippen molar-refractivity contribution in [2.24, 2.45) is 0 Å². The summed E-state index contributed by atoms with van der Waals surface area (Å²) < 4.78 is 0. The van der Waals surface area contributed by atoms with Crippen molar-refractivity contribution < 1.29 is 5.11 Å². The Balaban J connectivity index is 2.24. The molecule has 0 amide bonds. The van der Waals surface area contributed by atoms with Gasteiger partial charge in [0, 0.05) is 17.1 Å². The number of para-hydroxylation sites is 1. The Labute approximate surface area is 97.7 Å². The number of nitrogens with one attached hydrogen (secondary N) is 1. The van der Waals surface area contributed by atoms with Crippen LogP contribution >= 0.6 is 0 Å². The van der Waals surface area contributed by atoms with Gasteiger partial charge in [0.25, 0.3) is 0 Å². The van der Waals surface area contributed by atoms with Crippen molar-refractivity contribution in [3.05, 3.63) is 42.7 Å². The Bertz CT molecular complexity index is 671. The predicted molar refractivity (Wildman–Crippen MR) is 67.6 cm³/mol. The quantitative estimate of drug-likeness (QED) is 0.595. The Morgan fingerprint density at radius 2 is 2.06 bits per heavy atom. The van der Waals surface area contributed by atoms with Crippen molar-refractivity contribution in [3.8, 4) is 17.0 Å². The van der Waals surface area contributed by atoms with Crippen LogP contribution in [0.2, 0.25) is 0 Å². The molecule has 0 unspecified atom stereocenters. The number of anilines is 1.